The van der Waals surface area contributed by atoms with Crippen molar-refractivity contribution in [1.82, 2.24) is 5.32 Å². The van der Waals surface area contributed by atoms with E-state index in [4.69, 9.17) is 23.2 Å². The Morgan fingerprint density at radius 2 is 2.10 bits per heavy atom. The standard InChI is InChI=1S/C13H16Cl2N2O3/c1-8(2)5-10(7-14)16-13(18)11-6-9(15)3-4-12(11)17(19)20/h3-4,6,8,10H,5,7H2,1-2H3,(H,16,18). The minimum atomic E-state index is -0.608. The molecule has 1 unspecified atom stereocenters. The van der Waals surface area contributed by atoms with E-state index in [2.05, 4.69) is 5.32 Å². The highest BCUT2D eigenvalue weighted by Gasteiger charge is 2.22. The summed E-state index contributed by atoms with van der Waals surface area (Å²) in [4.78, 5) is 22.5. The zero-order valence-corrected chi connectivity index (χ0v) is 12.7. The van der Waals surface area contributed by atoms with Crippen LogP contribution in [0.25, 0.3) is 0 Å². The second-order valence-corrected chi connectivity index (χ2v) is 5.62. The summed E-state index contributed by atoms with van der Waals surface area (Å²) >= 11 is 11.6. The number of carbonyl (C=O) groups is 1. The van der Waals surface area contributed by atoms with Crippen LogP contribution in [0.4, 0.5) is 5.69 Å². The molecule has 0 saturated carbocycles. The van der Waals surface area contributed by atoms with Crippen LogP contribution in [0.1, 0.15) is 30.6 Å². The molecule has 20 heavy (non-hydrogen) atoms. The van der Waals surface area contributed by atoms with Gasteiger partial charge >= 0.3 is 0 Å². The van der Waals surface area contributed by atoms with Gasteiger partial charge in [0.15, 0.2) is 0 Å². The van der Waals surface area contributed by atoms with E-state index in [1.54, 1.807) is 0 Å². The van der Waals surface area contributed by atoms with E-state index in [9.17, 15) is 14.9 Å². The van der Waals surface area contributed by atoms with Crippen molar-refractivity contribution in [3.05, 3.63) is 38.9 Å². The number of halogens is 2. The Kier molecular flexibility index (Phi) is 6.23. The number of nitro groups is 1. The smallest absolute Gasteiger partial charge is 0.282 e. The number of benzene rings is 1. The van der Waals surface area contributed by atoms with Crippen molar-refractivity contribution in [2.75, 3.05) is 5.88 Å². The summed E-state index contributed by atoms with van der Waals surface area (Å²) in [6.45, 7) is 4.01. The normalized spacial score (nSPS) is 12.2. The van der Waals surface area contributed by atoms with Crippen molar-refractivity contribution in [1.29, 1.82) is 0 Å². The van der Waals surface area contributed by atoms with Gasteiger partial charge in [-0.25, -0.2) is 0 Å². The highest BCUT2D eigenvalue weighted by molar-refractivity contribution is 6.31. The van der Waals surface area contributed by atoms with Gasteiger partial charge in [-0.1, -0.05) is 25.4 Å². The molecule has 0 aliphatic rings. The zero-order valence-electron chi connectivity index (χ0n) is 11.2. The van der Waals surface area contributed by atoms with Crippen LogP contribution in [0.2, 0.25) is 5.02 Å². The third-order valence-corrected chi connectivity index (χ3v) is 3.28. The van der Waals surface area contributed by atoms with Gasteiger partial charge in [0.25, 0.3) is 11.6 Å². The summed E-state index contributed by atoms with van der Waals surface area (Å²) in [6.07, 6.45) is 0.698. The zero-order chi connectivity index (χ0) is 15.3. The summed E-state index contributed by atoms with van der Waals surface area (Å²) in [6, 6.07) is 3.65. The predicted octanol–water partition coefficient (Wildman–Crippen LogP) is 3.63. The minimum Gasteiger partial charge on any atom is -0.348 e. The van der Waals surface area contributed by atoms with E-state index in [0.29, 0.717) is 12.3 Å². The van der Waals surface area contributed by atoms with E-state index in [1.165, 1.54) is 18.2 Å². The lowest BCUT2D eigenvalue weighted by Gasteiger charge is -2.18. The second-order valence-electron chi connectivity index (χ2n) is 4.87. The van der Waals surface area contributed by atoms with Gasteiger partial charge in [-0.15, -0.1) is 11.6 Å². The lowest BCUT2D eigenvalue weighted by atomic mass is 10.0. The number of nitrogens with one attached hydrogen (secondary N) is 1. The number of carbonyl (C=O) groups excluding carboxylic acids is 1. The average molecular weight is 319 g/mol. The van der Waals surface area contributed by atoms with Crippen molar-refractivity contribution >= 4 is 34.8 Å². The monoisotopic (exact) mass is 318 g/mol. The van der Waals surface area contributed by atoms with Crippen LogP contribution >= 0.6 is 23.2 Å². The third-order valence-electron chi connectivity index (χ3n) is 2.68. The van der Waals surface area contributed by atoms with Gasteiger partial charge in [-0.3, -0.25) is 14.9 Å². The quantitative estimate of drug-likeness (QED) is 0.494. The fourth-order valence-electron chi connectivity index (χ4n) is 1.84. The summed E-state index contributed by atoms with van der Waals surface area (Å²) in [7, 11) is 0. The van der Waals surface area contributed by atoms with E-state index >= 15 is 0 Å². The molecule has 1 amide bonds. The van der Waals surface area contributed by atoms with Crippen LogP contribution in [0.3, 0.4) is 0 Å². The summed E-state index contributed by atoms with van der Waals surface area (Å²) in [5, 5.41) is 13.9. The number of amides is 1. The molecule has 0 spiro atoms. The highest BCUT2D eigenvalue weighted by atomic mass is 35.5. The predicted molar refractivity (Wildman–Crippen MR) is 79.5 cm³/mol. The summed E-state index contributed by atoms with van der Waals surface area (Å²) in [5.74, 6) is 0.0667. The topological polar surface area (TPSA) is 72.2 Å². The molecule has 0 heterocycles. The molecule has 1 N–H and O–H groups in total. The van der Waals surface area contributed by atoms with Gasteiger partial charge in [0.2, 0.25) is 0 Å². The number of hydrogen-bond donors (Lipinski definition) is 1. The number of nitro benzene ring substituents is 1. The van der Waals surface area contributed by atoms with Gasteiger partial charge in [-0.2, -0.15) is 0 Å². The Hall–Kier alpha value is -1.33. The largest absolute Gasteiger partial charge is 0.348 e. The number of alkyl halides is 1. The molecule has 0 saturated heterocycles. The van der Waals surface area contributed by atoms with Crippen molar-refractivity contribution in [2.24, 2.45) is 5.92 Å². The molecule has 7 heteroatoms. The number of hydrogen-bond acceptors (Lipinski definition) is 3. The van der Waals surface area contributed by atoms with E-state index in [-0.39, 0.29) is 28.2 Å². The summed E-state index contributed by atoms with van der Waals surface area (Å²) < 4.78 is 0. The number of rotatable bonds is 6. The molecule has 1 aromatic rings. The van der Waals surface area contributed by atoms with E-state index in [1.807, 2.05) is 13.8 Å². The Morgan fingerprint density at radius 3 is 2.60 bits per heavy atom. The minimum absolute atomic E-state index is 0.0543. The molecule has 5 nitrogen and oxygen atoms in total. The van der Waals surface area contributed by atoms with Gasteiger partial charge in [0, 0.05) is 23.0 Å². The van der Waals surface area contributed by atoms with Crippen molar-refractivity contribution < 1.29 is 9.72 Å². The Labute approximate surface area is 127 Å². The van der Waals surface area contributed by atoms with Crippen LogP contribution in [0.15, 0.2) is 18.2 Å². The number of nitrogens with zero attached hydrogens (tertiary/aromatic N) is 1. The molecule has 1 atom stereocenters. The summed E-state index contributed by atoms with van der Waals surface area (Å²) in [5.41, 5.74) is -0.328. The molecule has 1 aromatic carbocycles. The first-order chi connectivity index (χ1) is 9.35. The third kappa shape index (κ3) is 4.65. The molecule has 1 rings (SSSR count). The molecular formula is C13H16Cl2N2O3. The molecule has 0 aromatic heterocycles. The second kappa shape index (κ2) is 7.45. The maximum absolute atomic E-state index is 12.1. The molecule has 110 valence electrons. The van der Waals surface area contributed by atoms with Gasteiger partial charge in [-0.05, 0) is 24.5 Å². The van der Waals surface area contributed by atoms with E-state index < -0.39 is 10.8 Å². The molecular weight excluding hydrogens is 303 g/mol. The van der Waals surface area contributed by atoms with Crippen LogP contribution in [0, 0.1) is 16.0 Å². The van der Waals surface area contributed by atoms with Crippen LogP contribution in [0.5, 0.6) is 0 Å². The Bertz CT molecular complexity index is 506. The van der Waals surface area contributed by atoms with Crippen molar-refractivity contribution in [2.45, 2.75) is 26.3 Å². The Balaban J connectivity index is 2.96. The molecule has 0 aliphatic carbocycles. The first-order valence-corrected chi connectivity index (χ1v) is 7.07. The fraction of sp³-hybridized carbons (Fsp3) is 0.462. The fourth-order valence-corrected chi connectivity index (χ4v) is 2.22. The molecule has 0 radical (unpaired) electrons. The lowest BCUT2D eigenvalue weighted by Crippen LogP contribution is -2.37. The SMILES string of the molecule is CC(C)CC(CCl)NC(=O)c1cc(Cl)ccc1[N+](=O)[O-]. The van der Waals surface area contributed by atoms with Crippen molar-refractivity contribution in [3.63, 3.8) is 0 Å². The van der Waals surface area contributed by atoms with Crippen LogP contribution in [-0.4, -0.2) is 22.8 Å². The molecule has 0 bridgehead atoms. The van der Waals surface area contributed by atoms with Crippen LogP contribution in [-0.2, 0) is 0 Å². The average Bonchev–Trinajstić information content (AvgIpc) is 2.36. The maximum Gasteiger partial charge on any atom is 0.282 e. The molecule has 0 aliphatic heterocycles. The van der Waals surface area contributed by atoms with Gasteiger partial charge in [0.05, 0.1) is 4.92 Å². The van der Waals surface area contributed by atoms with Crippen molar-refractivity contribution in [3.8, 4) is 0 Å². The van der Waals surface area contributed by atoms with Gasteiger partial charge in [0.1, 0.15) is 5.56 Å². The molecule has 0 fully saturated rings. The Morgan fingerprint density at radius 1 is 1.45 bits per heavy atom. The van der Waals surface area contributed by atoms with E-state index in [0.717, 1.165) is 0 Å². The van der Waals surface area contributed by atoms with Gasteiger partial charge < -0.3 is 5.32 Å². The first-order valence-electron chi connectivity index (χ1n) is 6.16. The first kappa shape index (κ1) is 16.7. The highest BCUT2D eigenvalue weighted by Crippen LogP contribution is 2.23. The van der Waals surface area contributed by atoms with Crippen LogP contribution < -0.4 is 5.32 Å². The lowest BCUT2D eigenvalue weighted by molar-refractivity contribution is -0.385. The maximum atomic E-state index is 12.1.